The van der Waals surface area contributed by atoms with Crippen LogP contribution in [0.5, 0.6) is 0 Å². The third-order valence-electron chi connectivity index (χ3n) is 25.3. The fourth-order valence-electron chi connectivity index (χ4n) is 19.8. The van der Waals surface area contributed by atoms with Gasteiger partial charge in [0.15, 0.2) is 0 Å². The predicted octanol–water partition coefficient (Wildman–Crippen LogP) is 30.0. The second-order valence-electron chi connectivity index (χ2n) is 31.9. The molecule has 0 unspecified atom stereocenters. The van der Waals surface area contributed by atoms with Gasteiger partial charge >= 0.3 is 0 Å². The van der Waals surface area contributed by atoms with E-state index < -0.39 is 6.71 Å². The van der Waals surface area contributed by atoms with Gasteiger partial charge in [0.05, 0.1) is 11.4 Å². The molecule has 0 saturated carbocycles. The van der Waals surface area contributed by atoms with Gasteiger partial charge in [-0.3, -0.25) is 0 Å². The number of hydrogen-bond donors (Lipinski definition) is 0. The monoisotopic (exact) mass is 1540 g/mol. The van der Waals surface area contributed by atoms with E-state index in [1.54, 1.807) is 0 Å². The highest BCUT2D eigenvalue weighted by Gasteiger charge is 2.46. The van der Waals surface area contributed by atoms with Crippen molar-refractivity contribution in [2.75, 3.05) is 9.80 Å². The molecule has 6 heterocycles. The van der Waals surface area contributed by atoms with E-state index in [1.165, 1.54) is 0 Å². The van der Waals surface area contributed by atoms with Crippen molar-refractivity contribution >= 4 is 145 Å². The van der Waals surface area contributed by atoms with E-state index in [4.69, 9.17) is 17.7 Å². The van der Waals surface area contributed by atoms with Crippen LogP contribution in [-0.2, 0) is 0 Å². The summed E-state index contributed by atoms with van der Waals surface area (Å²) in [6.07, 6.45) is 0. The van der Waals surface area contributed by atoms with Crippen molar-refractivity contribution in [3.63, 3.8) is 0 Å². The second-order valence-corrected chi connectivity index (χ2v) is 31.9. The molecule has 2 aliphatic rings. The molecular formula is C114H69BN2O4. The quantitative estimate of drug-likeness (QED) is 0.114. The highest BCUT2D eigenvalue weighted by molar-refractivity contribution is 7.00. The van der Waals surface area contributed by atoms with Gasteiger partial charge in [-0.15, -0.1) is 0 Å². The number of benzene rings is 19. The van der Waals surface area contributed by atoms with Crippen LogP contribution in [0.15, 0.2) is 436 Å². The molecule has 4 aromatic heterocycles. The summed E-state index contributed by atoms with van der Waals surface area (Å²) in [4.78, 5) is 5.32. The Bertz CT molecular complexity index is 7820. The highest BCUT2D eigenvalue weighted by Crippen LogP contribution is 2.57. The molecule has 23 aromatic rings. The summed E-state index contributed by atoms with van der Waals surface area (Å²) >= 11 is 0. The normalized spacial score (nSPS) is 12.4. The molecule has 0 spiro atoms. The van der Waals surface area contributed by atoms with Gasteiger partial charge in [-0.2, -0.15) is 0 Å². The molecule has 25 rings (SSSR count). The number of furan rings is 4. The van der Waals surface area contributed by atoms with Crippen molar-refractivity contribution in [3.05, 3.63) is 419 Å². The zero-order chi connectivity index (χ0) is 79.3. The van der Waals surface area contributed by atoms with E-state index in [0.29, 0.717) is 0 Å². The van der Waals surface area contributed by atoms with Crippen LogP contribution >= 0.6 is 0 Å². The molecule has 562 valence electrons. The third kappa shape index (κ3) is 10.8. The Morgan fingerprint density at radius 3 is 0.983 bits per heavy atom. The Morgan fingerprint density at radius 2 is 0.504 bits per heavy atom. The van der Waals surface area contributed by atoms with Crippen molar-refractivity contribution < 1.29 is 17.7 Å². The van der Waals surface area contributed by atoms with Crippen LogP contribution < -0.4 is 26.2 Å². The third-order valence-corrected chi connectivity index (χ3v) is 25.3. The van der Waals surface area contributed by atoms with Crippen LogP contribution in [0.25, 0.3) is 199 Å². The lowest BCUT2D eigenvalue weighted by Gasteiger charge is -2.46. The van der Waals surface area contributed by atoms with E-state index in [0.717, 1.165) is 250 Å². The van der Waals surface area contributed by atoms with E-state index in [9.17, 15) is 0 Å². The average Bonchev–Trinajstić information content (AvgIpc) is 1.68. The van der Waals surface area contributed by atoms with Gasteiger partial charge in [0.25, 0.3) is 6.71 Å². The van der Waals surface area contributed by atoms with Gasteiger partial charge in [0, 0.05) is 105 Å². The Labute approximate surface area is 697 Å². The molecule has 7 heteroatoms. The number of hydrogen-bond acceptors (Lipinski definition) is 6. The zero-order valence-corrected chi connectivity index (χ0v) is 65.4. The van der Waals surface area contributed by atoms with Crippen LogP contribution in [0.3, 0.4) is 0 Å². The standard InChI is InChI=1S/C114H69BN2O4/c1-5-28-70(29-6-1)74-36-21-38-78(62-74)82-44-23-47-88(92-51-25-49-90-84-40-13-17-53-103(84)119-112(90)92)110(82)116-99-60-58-76(72-32-9-3-10-33-72)66-97(99)115-98-67-77(73-34-11-4-12-35-73)59-61-100(98)117(111-83(79-39-22-37-75(63-79)71-30-7-2-8-31-71)45-24-48-89(111)93-52-26-50-91-85-41-14-18-54-104(85)120-113(91)93)102-69-81(68-101(116)109(102)115)80-64-95-86-42-15-19-55-105(86)121-114(95)96(65-80)87-46-27-57-107-108(87)94-43-16-20-56-106(94)118-107/h1-69H. The number of para-hydroxylation sites is 8. The molecule has 0 fully saturated rings. The van der Waals surface area contributed by atoms with Gasteiger partial charge in [-0.25, -0.2) is 0 Å². The van der Waals surface area contributed by atoms with Crippen molar-refractivity contribution in [1.29, 1.82) is 0 Å². The Hall–Kier alpha value is -16.0. The van der Waals surface area contributed by atoms with Crippen LogP contribution in [0.1, 0.15) is 0 Å². The van der Waals surface area contributed by atoms with Crippen LogP contribution in [-0.4, -0.2) is 6.71 Å². The van der Waals surface area contributed by atoms with Gasteiger partial charge in [-0.05, 0) is 168 Å². The molecule has 19 aromatic carbocycles. The molecule has 0 bridgehead atoms. The van der Waals surface area contributed by atoms with Crippen molar-refractivity contribution in [3.8, 4) is 111 Å². The maximum Gasteiger partial charge on any atom is 0.252 e. The summed E-state index contributed by atoms with van der Waals surface area (Å²) in [6, 6.07) is 153. The van der Waals surface area contributed by atoms with Crippen molar-refractivity contribution in [2.45, 2.75) is 0 Å². The number of fused-ring (bicyclic) bond motifs is 16. The molecule has 2 aliphatic heterocycles. The summed E-state index contributed by atoms with van der Waals surface area (Å²) in [7, 11) is 0. The van der Waals surface area contributed by atoms with Crippen molar-refractivity contribution in [2.24, 2.45) is 0 Å². The maximum absolute atomic E-state index is 7.27. The van der Waals surface area contributed by atoms with Gasteiger partial charge in [0.2, 0.25) is 0 Å². The largest absolute Gasteiger partial charge is 0.456 e. The topological polar surface area (TPSA) is 59.0 Å². The average molecular weight is 1540 g/mol. The van der Waals surface area contributed by atoms with E-state index in [1.807, 2.05) is 6.07 Å². The first kappa shape index (κ1) is 68.3. The van der Waals surface area contributed by atoms with Crippen LogP contribution in [0.2, 0.25) is 0 Å². The lowest BCUT2D eigenvalue weighted by molar-refractivity contribution is 0.668. The summed E-state index contributed by atoms with van der Waals surface area (Å²) in [5, 5.41) is 8.28. The van der Waals surface area contributed by atoms with Gasteiger partial charge in [0.1, 0.15) is 44.7 Å². The summed E-state index contributed by atoms with van der Waals surface area (Å²) in [6.45, 7) is -0.390. The van der Waals surface area contributed by atoms with E-state index in [2.05, 4.69) is 422 Å². The molecule has 0 aliphatic carbocycles. The number of anilines is 6. The van der Waals surface area contributed by atoms with Gasteiger partial charge < -0.3 is 27.5 Å². The first-order valence-electron chi connectivity index (χ1n) is 41.4. The van der Waals surface area contributed by atoms with Crippen LogP contribution in [0.4, 0.5) is 34.1 Å². The zero-order valence-electron chi connectivity index (χ0n) is 65.4. The summed E-state index contributed by atoms with van der Waals surface area (Å²) in [5.74, 6) is 0. The number of rotatable bonds is 12. The molecule has 0 N–H and O–H groups in total. The minimum absolute atomic E-state index is 0.390. The lowest BCUT2D eigenvalue weighted by atomic mass is 9.33. The Kier molecular flexibility index (Phi) is 15.4. The summed E-state index contributed by atoms with van der Waals surface area (Å²) < 4.78 is 28.6. The smallest absolute Gasteiger partial charge is 0.252 e. The summed E-state index contributed by atoms with van der Waals surface area (Å²) in [5.41, 5.74) is 37.1. The predicted molar refractivity (Wildman–Crippen MR) is 504 cm³/mol. The van der Waals surface area contributed by atoms with Gasteiger partial charge in [-0.1, -0.05) is 340 Å². The molecule has 0 saturated heterocycles. The molecule has 0 amide bonds. The van der Waals surface area contributed by atoms with Crippen LogP contribution in [0, 0.1) is 0 Å². The van der Waals surface area contributed by atoms with Crippen molar-refractivity contribution in [1.82, 2.24) is 0 Å². The maximum atomic E-state index is 7.27. The fraction of sp³-hybridized carbons (Fsp3) is 0. The molecule has 0 radical (unpaired) electrons. The minimum atomic E-state index is -0.390. The first-order chi connectivity index (χ1) is 60.0. The first-order valence-corrected chi connectivity index (χ1v) is 41.4. The fourth-order valence-corrected chi connectivity index (χ4v) is 19.8. The molecule has 0 atom stereocenters. The minimum Gasteiger partial charge on any atom is -0.456 e. The molecular weight excluding hydrogens is 1470 g/mol. The second kappa shape index (κ2) is 27.3. The highest BCUT2D eigenvalue weighted by atomic mass is 16.3. The molecule has 6 nitrogen and oxygen atoms in total. The van der Waals surface area contributed by atoms with E-state index in [-0.39, 0.29) is 0 Å². The lowest BCUT2D eigenvalue weighted by Crippen LogP contribution is -2.61. The van der Waals surface area contributed by atoms with E-state index >= 15 is 0 Å². The number of nitrogens with zero attached hydrogens (tertiary/aromatic N) is 2. The SMILES string of the molecule is c1ccc(-c2cccc(-c3cccc(-c4cccc5c4oc4ccccc45)c3N3c4ccc(-c5ccccc5)cc4B4c5cc(-c6ccccc6)ccc5N(c5c(-c6cccc(-c7ccccc7)c6)cccc5-c5cccc6c5oc5ccccc56)c5cc(-c6cc(-c7cccc8oc9ccccc9c78)c7oc8ccccc8c7c6)cc3c54)c2)cc1. The Balaban J connectivity index is 0.870. The molecule has 121 heavy (non-hydrogen) atoms. The Morgan fingerprint density at radius 1 is 0.174 bits per heavy atom.